The molecule has 19 heavy (non-hydrogen) atoms. The first-order valence-corrected chi connectivity index (χ1v) is 6.99. The SMILES string of the molecule is O[C@H](COCc1ccccc1Cl)Cn1cc(Br)cn1. The number of nitrogens with zero attached hydrogens (tertiary/aromatic N) is 2. The van der Waals surface area contributed by atoms with E-state index in [2.05, 4.69) is 21.0 Å². The summed E-state index contributed by atoms with van der Waals surface area (Å²) in [5, 5.41) is 14.6. The molecule has 0 saturated carbocycles. The summed E-state index contributed by atoms with van der Waals surface area (Å²) >= 11 is 9.31. The quantitative estimate of drug-likeness (QED) is 0.876. The van der Waals surface area contributed by atoms with E-state index < -0.39 is 6.10 Å². The van der Waals surface area contributed by atoms with Crippen molar-refractivity contribution in [1.82, 2.24) is 9.78 Å². The van der Waals surface area contributed by atoms with E-state index >= 15 is 0 Å². The lowest BCUT2D eigenvalue weighted by atomic mass is 10.2. The number of hydrogen-bond acceptors (Lipinski definition) is 3. The summed E-state index contributed by atoms with van der Waals surface area (Å²) < 4.78 is 8.00. The van der Waals surface area contributed by atoms with Crippen LogP contribution in [0.3, 0.4) is 0 Å². The Hall–Kier alpha value is -0.880. The van der Waals surface area contributed by atoms with E-state index in [4.69, 9.17) is 16.3 Å². The van der Waals surface area contributed by atoms with Crippen molar-refractivity contribution in [2.45, 2.75) is 19.3 Å². The Morgan fingerprint density at radius 2 is 2.21 bits per heavy atom. The third-order valence-electron chi connectivity index (χ3n) is 2.53. The molecule has 102 valence electrons. The number of aliphatic hydroxyl groups is 1. The highest BCUT2D eigenvalue weighted by Crippen LogP contribution is 2.15. The van der Waals surface area contributed by atoms with E-state index in [-0.39, 0.29) is 6.61 Å². The van der Waals surface area contributed by atoms with Crippen LogP contribution >= 0.6 is 27.5 Å². The van der Waals surface area contributed by atoms with Gasteiger partial charge < -0.3 is 9.84 Å². The monoisotopic (exact) mass is 344 g/mol. The molecule has 0 saturated heterocycles. The molecule has 0 aliphatic heterocycles. The van der Waals surface area contributed by atoms with Gasteiger partial charge in [0.1, 0.15) is 0 Å². The molecule has 1 aromatic carbocycles. The fourth-order valence-corrected chi connectivity index (χ4v) is 2.15. The van der Waals surface area contributed by atoms with Gasteiger partial charge in [0.05, 0.1) is 36.5 Å². The molecule has 6 heteroatoms. The average Bonchev–Trinajstić information content (AvgIpc) is 2.77. The zero-order chi connectivity index (χ0) is 13.7. The number of aliphatic hydroxyl groups excluding tert-OH is 1. The standard InChI is InChI=1S/C13H14BrClN2O2/c14-11-5-16-17(6-11)7-12(18)9-19-8-10-3-1-2-4-13(10)15/h1-6,12,18H,7-9H2/t12-/m0/s1. The maximum absolute atomic E-state index is 9.83. The summed E-state index contributed by atoms with van der Waals surface area (Å²) in [6, 6.07) is 7.50. The third-order valence-corrected chi connectivity index (χ3v) is 3.30. The highest BCUT2D eigenvalue weighted by Gasteiger charge is 2.07. The molecule has 1 atom stereocenters. The van der Waals surface area contributed by atoms with Gasteiger partial charge in [-0.1, -0.05) is 29.8 Å². The van der Waals surface area contributed by atoms with Gasteiger partial charge in [-0.15, -0.1) is 0 Å². The third kappa shape index (κ3) is 4.62. The number of benzene rings is 1. The number of rotatable bonds is 6. The van der Waals surface area contributed by atoms with Crippen molar-refractivity contribution in [1.29, 1.82) is 0 Å². The lowest BCUT2D eigenvalue weighted by molar-refractivity contribution is 0.0187. The molecule has 2 rings (SSSR count). The van der Waals surface area contributed by atoms with Gasteiger partial charge in [-0.3, -0.25) is 4.68 Å². The maximum atomic E-state index is 9.83. The van der Waals surface area contributed by atoms with Crippen molar-refractivity contribution >= 4 is 27.5 Å². The normalized spacial score (nSPS) is 12.6. The van der Waals surface area contributed by atoms with Crippen LogP contribution in [0.5, 0.6) is 0 Å². The van der Waals surface area contributed by atoms with E-state index in [0.29, 0.717) is 18.2 Å². The predicted octanol–water partition coefficient (Wildman–Crippen LogP) is 2.88. The predicted molar refractivity (Wildman–Crippen MR) is 77.0 cm³/mol. The Kier molecular flexibility index (Phi) is 5.39. The zero-order valence-electron chi connectivity index (χ0n) is 10.2. The van der Waals surface area contributed by atoms with Gasteiger partial charge in [0.2, 0.25) is 0 Å². The van der Waals surface area contributed by atoms with Crippen LogP contribution in [0, 0.1) is 0 Å². The number of hydrogen-bond donors (Lipinski definition) is 1. The summed E-state index contributed by atoms with van der Waals surface area (Å²) in [5.74, 6) is 0. The van der Waals surface area contributed by atoms with E-state index in [0.717, 1.165) is 10.0 Å². The average molecular weight is 346 g/mol. The summed E-state index contributed by atoms with van der Waals surface area (Å²) in [6.45, 7) is 1.02. The summed E-state index contributed by atoms with van der Waals surface area (Å²) in [7, 11) is 0. The van der Waals surface area contributed by atoms with Crippen LogP contribution in [-0.4, -0.2) is 27.6 Å². The molecule has 0 amide bonds. The highest BCUT2D eigenvalue weighted by atomic mass is 79.9. The van der Waals surface area contributed by atoms with Crippen molar-refractivity contribution in [3.63, 3.8) is 0 Å². The van der Waals surface area contributed by atoms with Crippen LogP contribution in [0.4, 0.5) is 0 Å². The van der Waals surface area contributed by atoms with Crippen molar-refractivity contribution in [2.24, 2.45) is 0 Å². The highest BCUT2D eigenvalue weighted by molar-refractivity contribution is 9.10. The molecule has 4 nitrogen and oxygen atoms in total. The first kappa shape index (κ1) is 14.5. The largest absolute Gasteiger partial charge is 0.389 e. The minimum atomic E-state index is -0.603. The molecule has 0 radical (unpaired) electrons. The minimum Gasteiger partial charge on any atom is -0.389 e. The Bertz CT molecular complexity index is 533. The summed E-state index contributed by atoms with van der Waals surface area (Å²) in [6.07, 6.45) is 2.88. The van der Waals surface area contributed by atoms with Crippen LogP contribution in [0.15, 0.2) is 41.1 Å². The maximum Gasteiger partial charge on any atom is 0.0969 e. The molecule has 1 heterocycles. The number of ether oxygens (including phenoxy) is 1. The molecule has 1 aromatic heterocycles. The first-order chi connectivity index (χ1) is 9.15. The minimum absolute atomic E-state index is 0.239. The zero-order valence-corrected chi connectivity index (χ0v) is 12.5. The number of halogens is 2. The van der Waals surface area contributed by atoms with Gasteiger partial charge in [-0.05, 0) is 27.6 Å². The van der Waals surface area contributed by atoms with Crippen LogP contribution in [0.25, 0.3) is 0 Å². The second-order valence-electron chi connectivity index (χ2n) is 4.14. The van der Waals surface area contributed by atoms with Crippen LogP contribution in [0.1, 0.15) is 5.56 Å². The van der Waals surface area contributed by atoms with E-state index in [9.17, 15) is 5.11 Å². The molecular weight excluding hydrogens is 332 g/mol. The van der Waals surface area contributed by atoms with Gasteiger partial charge in [0.25, 0.3) is 0 Å². The molecule has 2 aromatic rings. The molecule has 1 N–H and O–H groups in total. The molecule has 0 aliphatic carbocycles. The van der Waals surface area contributed by atoms with Gasteiger partial charge >= 0.3 is 0 Å². The van der Waals surface area contributed by atoms with Crippen molar-refractivity contribution in [3.8, 4) is 0 Å². The fraction of sp³-hybridized carbons (Fsp3) is 0.308. The molecule has 0 aliphatic rings. The van der Waals surface area contributed by atoms with Gasteiger partial charge in [0.15, 0.2) is 0 Å². The fourth-order valence-electron chi connectivity index (χ4n) is 1.63. The Labute approximate surface area is 125 Å². The van der Waals surface area contributed by atoms with Crippen molar-refractivity contribution in [2.75, 3.05) is 6.61 Å². The van der Waals surface area contributed by atoms with Crippen LogP contribution < -0.4 is 0 Å². The van der Waals surface area contributed by atoms with Gasteiger partial charge in [-0.25, -0.2) is 0 Å². The molecule has 0 unspecified atom stereocenters. The van der Waals surface area contributed by atoms with Crippen LogP contribution in [0.2, 0.25) is 5.02 Å². The lowest BCUT2D eigenvalue weighted by Gasteiger charge is -2.12. The van der Waals surface area contributed by atoms with E-state index in [1.54, 1.807) is 17.1 Å². The Balaban J connectivity index is 1.75. The molecule has 0 spiro atoms. The molecule has 0 bridgehead atoms. The van der Waals surface area contributed by atoms with E-state index in [1.807, 2.05) is 24.3 Å². The first-order valence-electron chi connectivity index (χ1n) is 5.82. The second-order valence-corrected chi connectivity index (χ2v) is 5.46. The second kappa shape index (κ2) is 7.05. The van der Waals surface area contributed by atoms with Crippen molar-refractivity contribution < 1.29 is 9.84 Å². The number of aromatic nitrogens is 2. The smallest absolute Gasteiger partial charge is 0.0969 e. The summed E-state index contributed by atoms with van der Waals surface area (Å²) in [5.41, 5.74) is 0.915. The lowest BCUT2D eigenvalue weighted by Crippen LogP contribution is -2.22. The Morgan fingerprint density at radius 1 is 1.42 bits per heavy atom. The van der Waals surface area contributed by atoms with E-state index in [1.165, 1.54) is 0 Å². The molecule has 0 fully saturated rings. The Morgan fingerprint density at radius 3 is 2.89 bits per heavy atom. The van der Waals surface area contributed by atoms with Crippen molar-refractivity contribution in [3.05, 3.63) is 51.7 Å². The topological polar surface area (TPSA) is 47.3 Å². The summed E-state index contributed by atoms with van der Waals surface area (Å²) in [4.78, 5) is 0. The van der Waals surface area contributed by atoms with Gasteiger partial charge in [0, 0.05) is 11.2 Å². The van der Waals surface area contributed by atoms with Gasteiger partial charge in [-0.2, -0.15) is 5.10 Å². The van der Waals surface area contributed by atoms with Crippen LogP contribution in [-0.2, 0) is 17.9 Å². The molecular formula is C13H14BrClN2O2.